The molecule has 4 aromatic rings. The predicted molar refractivity (Wildman–Crippen MR) is 115 cm³/mol. The highest BCUT2D eigenvalue weighted by Crippen LogP contribution is 2.35. The quantitative estimate of drug-likeness (QED) is 0.498. The smallest absolute Gasteiger partial charge is 0.267 e. The molecule has 1 fully saturated rings. The van der Waals surface area contributed by atoms with Crippen LogP contribution in [-0.2, 0) is 6.54 Å². The van der Waals surface area contributed by atoms with Crippen molar-refractivity contribution in [2.24, 2.45) is 0 Å². The molecule has 0 bridgehead atoms. The molecule has 8 nitrogen and oxygen atoms in total. The highest BCUT2D eigenvalue weighted by Gasteiger charge is 2.36. The summed E-state index contributed by atoms with van der Waals surface area (Å²) in [6.07, 6.45) is 3.42. The number of aromatic nitrogens is 5. The Balaban J connectivity index is 1.48. The van der Waals surface area contributed by atoms with Gasteiger partial charge in [-0.1, -0.05) is 24.3 Å². The van der Waals surface area contributed by atoms with E-state index < -0.39 is 0 Å². The third-order valence-electron chi connectivity index (χ3n) is 6.01. The van der Waals surface area contributed by atoms with Crippen LogP contribution in [0.5, 0.6) is 0 Å². The van der Waals surface area contributed by atoms with Crippen LogP contribution in [0.2, 0.25) is 0 Å². The molecule has 0 spiro atoms. The van der Waals surface area contributed by atoms with E-state index in [0.29, 0.717) is 29.6 Å². The first kappa shape index (κ1) is 19.4. The Morgan fingerprint density at radius 1 is 1.19 bits per heavy atom. The van der Waals surface area contributed by atoms with Crippen LogP contribution in [-0.4, -0.2) is 42.3 Å². The maximum Gasteiger partial charge on any atom is 0.267 e. The van der Waals surface area contributed by atoms with Gasteiger partial charge in [-0.05, 0) is 45.1 Å². The molecule has 8 heteroatoms. The number of rotatable bonds is 4. The first-order valence-electron chi connectivity index (χ1n) is 10.6. The molecule has 0 radical (unpaired) electrons. The zero-order valence-corrected chi connectivity index (χ0v) is 17.9. The van der Waals surface area contributed by atoms with Crippen molar-refractivity contribution >= 4 is 16.7 Å². The molecule has 31 heavy (non-hydrogen) atoms. The van der Waals surface area contributed by atoms with Crippen LogP contribution in [0.3, 0.4) is 0 Å². The Morgan fingerprint density at radius 2 is 2.03 bits per heavy atom. The molecule has 1 aliphatic rings. The second kappa shape index (κ2) is 7.61. The SMILES string of the molecule is CCn1nc(C)c(C(=O)N2CCC[C@@H]2c2nnc(-c3nccc4ccccc34)o2)c1C. The highest BCUT2D eigenvalue weighted by molar-refractivity contribution is 5.97. The predicted octanol–water partition coefficient (Wildman–Crippen LogP) is 4.10. The van der Waals surface area contributed by atoms with Crippen molar-refractivity contribution in [3.63, 3.8) is 0 Å². The number of benzene rings is 1. The second-order valence-electron chi connectivity index (χ2n) is 7.84. The van der Waals surface area contributed by atoms with E-state index in [1.807, 2.05) is 60.7 Å². The lowest BCUT2D eigenvalue weighted by Crippen LogP contribution is -2.31. The number of nitrogens with zero attached hydrogens (tertiary/aromatic N) is 6. The van der Waals surface area contributed by atoms with Gasteiger partial charge >= 0.3 is 0 Å². The number of hydrogen-bond donors (Lipinski definition) is 0. The van der Waals surface area contributed by atoms with Crippen molar-refractivity contribution in [3.05, 3.63) is 59.4 Å². The van der Waals surface area contributed by atoms with E-state index in [0.717, 1.165) is 41.5 Å². The molecule has 5 rings (SSSR count). The minimum absolute atomic E-state index is 0.0276. The van der Waals surface area contributed by atoms with Crippen molar-refractivity contribution in [2.45, 2.75) is 46.2 Å². The maximum atomic E-state index is 13.4. The number of aryl methyl sites for hydroxylation is 2. The molecule has 158 valence electrons. The van der Waals surface area contributed by atoms with Gasteiger partial charge < -0.3 is 9.32 Å². The topological polar surface area (TPSA) is 89.9 Å². The summed E-state index contributed by atoms with van der Waals surface area (Å²) >= 11 is 0. The molecule has 4 heterocycles. The Hall–Kier alpha value is -3.55. The third kappa shape index (κ3) is 3.19. The monoisotopic (exact) mass is 416 g/mol. The maximum absolute atomic E-state index is 13.4. The van der Waals surface area contributed by atoms with E-state index >= 15 is 0 Å². The van der Waals surface area contributed by atoms with Crippen LogP contribution in [0.4, 0.5) is 0 Å². The summed E-state index contributed by atoms with van der Waals surface area (Å²) in [5, 5.41) is 15.1. The molecule has 0 N–H and O–H groups in total. The van der Waals surface area contributed by atoms with Gasteiger partial charge in [-0.3, -0.25) is 14.5 Å². The Bertz CT molecular complexity index is 1270. The van der Waals surface area contributed by atoms with E-state index in [-0.39, 0.29) is 11.9 Å². The number of carbonyl (C=O) groups is 1. The number of pyridine rings is 1. The molecule has 1 atom stereocenters. The molecular formula is C23H24N6O2. The minimum Gasteiger partial charge on any atom is -0.417 e. The van der Waals surface area contributed by atoms with Crippen molar-refractivity contribution in [1.82, 2.24) is 29.9 Å². The number of amides is 1. The van der Waals surface area contributed by atoms with Gasteiger partial charge in [-0.25, -0.2) is 0 Å². The van der Waals surface area contributed by atoms with Crippen molar-refractivity contribution < 1.29 is 9.21 Å². The van der Waals surface area contributed by atoms with Gasteiger partial charge in [0.15, 0.2) is 0 Å². The first-order chi connectivity index (χ1) is 15.1. The second-order valence-corrected chi connectivity index (χ2v) is 7.84. The lowest BCUT2D eigenvalue weighted by Gasteiger charge is -2.22. The normalized spacial score (nSPS) is 16.4. The molecule has 0 aliphatic carbocycles. The Kier molecular flexibility index (Phi) is 4.77. The third-order valence-corrected chi connectivity index (χ3v) is 6.01. The molecule has 3 aromatic heterocycles. The number of hydrogen-bond acceptors (Lipinski definition) is 6. The van der Waals surface area contributed by atoms with Gasteiger partial charge in [-0.2, -0.15) is 5.10 Å². The van der Waals surface area contributed by atoms with Crippen molar-refractivity contribution in [2.75, 3.05) is 6.54 Å². The van der Waals surface area contributed by atoms with Gasteiger partial charge in [0.2, 0.25) is 5.89 Å². The summed E-state index contributed by atoms with van der Waals surface area (Å²) in [4.78, 5) is 19.7. The summed E-state index contributed by atoms with van der Waals surface area (Å²) in [5.41, 5.74) is 2.97. The van der Waals surface area contributed by atoms with Gasteiger partial charge in [-0.15, -0.1) is 10.2 Å². The average Bonchev–Trinajstić information content (AvgIpc) is 3.51. The fraction of sp³-hybridized carbons (Fsp3) is 0.348. The standard InChI is InChI=1S/C23H24N6O2/c1-4-29-15(3)19(14(2)27-29)23(30)28-13-7-10-18(28)21-25-26-22(31-21)20-17-9-6-5-8-16(17)11-12-24-20/h5-6,8-9,11-12,18H,4,7,10,13H2,1-3H3/t18-/m1/s1. The van der Waals surface area contributed by atoms with Gasteiger partial charge in [0, 0.05) is 30.4 Å². The number of fused-ring (bicyclic) bond motifs is 1. The zero-order chi connectivity index (χ0) is 21.5. The molecule has 1 saturated heterocycles. The molecule has 0 unspecified atom stereocenters. The average molecular weight is 416 g/mol. The van der Waals surface area contributed by atoms with Gasteiger partial charge in [0.1, 0.15) is 11.7 Å². The van der Waals surface area contributed by atoms with E-state index in [2.05, 4.69) is 20.3 Å². The lowest BCUT2D eigenvalue weighted by atomic mass is 10.1. The Morgan fingerprint density at radius 3 is 2.84 bits per heavy atom. The molecule has 0 saturated carbocycles. The lowest BCUT2D eigenvalue weighted by molar-refractivity contribution is 0.0714. The molecule has 1 aromatic carbocycles. The molecule has 1 aliphatic heterocycles. The van der Waals surface area contributed by atoms with Crippen LogP contribution < -0.4 is 0 Å². The van der Waals surface area contributed by atoms with Crippen molar-refractivity contribution in [3.8, 4) is 11.6 Å². The molecular weight excluding hydrogens is 392 g/mol. The summed E-state index contributed by atoms with van der Waals surface area (Å²) in [6.45, 7) is 7.24. The van der Waals surface area contributed by atoms with Crippen LogP contribution in [0.15, 0.2) is 40.9 Å². The Labute approximate surface area is 179 Å². The van der Waals surface area contributed by atoms with Crippen LogP contribution >= 0.6 is 0 Å². The zero-order valence-electron chi connectivity index (χ0n) is 17.9. The summed E-state index contributed by atoms with van der Waals surface area (Å²) in [7, 11) is 0. The van der Waals surface area contributed by atoms with E-state index in [1.54, 1.807) is 6.20 Å². The van der Waals surface area contributed by atoms with Crippen LogP contribution in [0.1, 0.15) is 53.4 Å². The van der Waals surface area contributed by atoms with Crippen LogP contribution in [0.25, 0.3) is 22.4 Å². The van der Waals surface area contributed by atoms with E-state index in [1.165, 1.54) is 0 Å². The number of carbonyl (C=O) groups excluding carboxylic acids is 1. The van der Waals surface area contributed by atoms with Gasteiger partial charge in [0.05, 0.1) is 11.3 Å². The summed E-state index contributed by atoms with van der Waals surface area (Å²) in [5.74, 6) is 0.797. The summed E-state index contributed by atoms with van der Waals surface area (Å²) in [6, 6.07) is 9.67. The fourth-order valence-corrected chi connectivity index (χ4v) is 4.48. The van der Waals surface area contributed by atoms with Crippen LogP contribution in [0, 0.1) is 13.8 Å². The molecule has 1 amide bonds. The van der Waals surface area contributed by atoms with Crippen molar-refractivity contribution in [1.29, 1.82) is 0 Å². The fourth-order valence-electron chi connectivity index (χ4n) is 4.48. The van der Waals surface area contributed by atoms with Gasteiger partial charge in [0.25, 0.3) is 11.8 Å². The van der Waals surface area contributed by atoms with E-state index in [9.17, 15) is 4.79 Å². The minimum atomic E-state index is -0.243. The number of likely N-dealkylation sites (tertiary alicyclic amines) is 1. The van der Waals surface area contributed by atoms with E-state index in [4.69, 9.17) is 4.42 Å². The largest absolute Gasteiger partial charge is 0.417 e. The first-order valence-corrected chi connectivity index (χ1v) is 10.6. The summed E-state index contributed by atoms with van der Waals surface area (Å²) < 4.78 is 7.93. The highest BCUT2D eigenvalue weighted by atomic mass is 16.4.